The Balaban J connectivity index is 2.05. The number of rotatable bonds is 5. The van der Waals surface area contributed by atoms with Crippen LogP contribution in [0.4, 0.5) is 4.39 Å². The molecule has 1 N–H and O–H groups in total. The monoisotopic (exact) mass is 267 g/mol. The van der Waals surface area contributed by atoms with E-state index in [1.165, 1.54) is 12.1 Å². The van der Waals surface area contributed by atoms with Crippen LogP contribution in [-0.4, -0.2) is 24.7 Å². The lowest BCUT2D eigenvalue weighted by Gasteiger charge is -2.13. The average molecular weight is 267 g/mol. The third kappa shape index (κ3) is 3.92. The summed E-state index contributed by atoms with van der Waals surface area (Å²) in [6, 6.07) is 4.79. The molecule has 0 amide bonds. The Hall–Kier alpha value is -1.62. The van der Waals surface area contributed by atoms with Crippen molar-refractivity contribution in [3.63, 3.8) is 0 Å². The lowest BCUT2D eigenvalue weighted by Crippen LogP contribution is -2.23. The second-order valence-corrected chi connectivity index (χ2v) is 4.89. The minimum atomic E-state index is -0.618. The third-order valence-electron chi connectivity index (χ3n) is 2.81. The predicted octanol–water partition coefficient (Wildman–Crippen LogP) is 2.02. The van der Waals surface area contributed by atoms with E-state index in [0.717, 1.165) is 5.56 Å². The van der Waals surface area contributed by atoms with Crippen molar-refractivity contribution in [3.05, 3.63) is 29.6 Å². The SMILES string of the molecule is CC(C)NCc1cc(F)cc(OC2CCOC2=O)c1. The number of hydrogen-bond acceptors (Lipinski definition) is 4. The zero-order valence-electron chi connectivity index (χ0n) is 11.1. The minimum absolute atomic E-state index is 0.317. The lowest BCUT2D eigenvalue weighted by atomic mass is 10.2. The Bertz CT molecular complexity index is 462. The summed E-state index contributed by atoms with van der Waals surface area (Å²) in [6.45, 7) is 4.96. The van der Waals surface area contributed by atoms with Gasteiger partial charge in [0.25, 0.3) is 0 Å². The Morgan fingerprint density at radius 2 is 2.26 bits per heavy atom. The summed E-state index contributed by atoms with van der Waals surface area (Å²) in [5, 5.41) is 3.20. The van der Waals surface area contributed by atoms with Crippen LogP contribution in [-0.2, 0) is 16.1 Å². The van der Waals surface area contributed by atoms with Gasteiger partial charge in [0.2, 0.25) is 0 Å². The molecular formula is C14H18FNO3. The number of ether oxygens (including phenoxy) is 2. The summed E-state index contributed by atoms with van der Waals surface area (Å²) in [4.78, 5) is 11.3. The van der Waals surface area contributed by atoms with E-state index < -0.39 is 6.10 Å². The highest BCUT2D eigenvalue weighted by Crippen LogP contribution is 2.21. The zero-order valence-corrected chi connectivity index (χ0v) is 11.1. The van der Waals surface area contributed by atoms with Crippen molar-refractivity contribution in [2.24, 2.45) is 0 Å². The van der Waals surface area contributed by atoms with E-state index in [9.17, 15) is 9.18 Å². The van der Waals surface area contributed by atoms with E-state index in [-0.39, 0.29) is 11.8 Å². The van der Waals surface area contributed by atoms with Crippen LogP contribution in [0.25, 0.3) is 0 Å². The Morgan fingerprint density at radius 3 is 2.89 bits per heavy atom. The van der Waals surface area contributed by atoms with Gasteiger partial charge >= 0.3 is 5.97 Å². The van der Waals surface area contributed by atoms with E-state index in [1.807, 2.05) is 13.8 Å². The highest BCUT2D eigenvalue weighted by Gasteiger charge is 2.28. The zero-order chi connectivity index (χ0) is 13.8. The third-order valence-corrected chi connectivity index (χ3v) is 2.81. The lowest BCUT2D eigenvalue weighted by molar-refractivity contribution is -0.143. The van der Waals surface area contributed by atoms with E-state index >= 15 is 0 Å². The van der Waals surface area contributed by atoms with Crippen molar-refractivity contribution in [3.8, 4) is 5.75 Å². The number of cyclic esters (lactones) is 1. The van der Waals surface area contributed by atoms with Crippen LogP contribution >= 0.6 is 0 Å². The number of nitrogens with one attached hydrogen (secondary N) is 1. The molecule has 1 atom stereocenters. The Labute approximate surface area is 111 Å². The number of halogens is 1. The molecule has 1 unspecified atom stereocenters. The van der Waals surface area contributed by atoms with E-state index in [0.29, 0.717) is 31.4 Å². The molecule has 0 spiro atoms. The van der Waals surface area contributed by atoms with Gasteiger partial charge in [-0.15, -0.1) is 0 Å². The van der Waals surface area contributed by atoms with Gasteiger partial charge in [-0.1, -0.05) is 13.8 Å². The summed E-state index contributed by atoms with van der Waals surface area (Å²) in [5.74, 6) is -0.389. The van der Waals surface area contributed by atoms with Gasteiger partial charge in [-0.2, -0.15) is 0 Å². The molecule has 0 saturated carbocycles. The molecule has 0 aromatic heterocycles. The van der Waals surface area contributed by atoms with Gasteiger partial charge in [0.05, 0.1) is 6.61 Å². The van der Waals surface area contributed by atoms with Gasteiger partial charge in [0.15, 0.2) is 6.10 Å². The number of esters is 1. The van der Waals surface area contributed by atoms with Crippen LogP contribution in [0, 0.1) is 5.82 Å². The maximum atomic E-state index is 13.5. The van der Waals surface area contributed by atoms with Gasteiger partial charge in [0, 0.05) is 25.1 Å². The summed E-state index contributed by atoms with van der Waals surface area (Å²) < 4.78 is 23.8. The van der Waals surface area contributed by atoms with Crippen LogP contribution < -0.4 is 10.1 Å². The summed E-state index contributed by atoms with van der Waals surface area (Å²) in [7, 11) is 0. The fourth-order valence-corrected chi connectivity index (χ4v) is 1.86. The van der Waals surface area contributed by atoms with Crippen molar-refractivity contribution in [1.82, 2.24) is 5.32 Å². The summed E-state index contributed by atoms with van der Waals surface area (Å²) >= 11 is 0. The highest BCUT2D eigenvalue weighted by molar-refractivity contribution is 5.76. The molecule has 1 aliphatic heterocycles. The van der Waals surface area contributed by atoms with Crippen molar-refractivity contribution >= 4 is 5.97 Å². The molecule has 1 fully saturated rings. The van der Waals surface area contributed by atoms with Gasteiger partial charge in [-0.25, -0.2) is 9.18 Å². The number of hydrogen-bond donors (Lipinski definition) is 1. The topological polar surface area (TPSA) is 47.6 Å². The Kier molecular flexibility index (Phi) is 4.37. The van der Waals surface area contributed by atoms with Gasteiger partial charge in [-0.3, -0.25) is 0 Å². The number of carbonyl (C=O) groups excluding carboxylic acids is 1. The number of carbonyl (C=O) groups is 1. The molecule has 1 aromatic carbocycles. The Morgan fingerprint density at radius 1 is 1.47 bits per heavy atom. The van der Waals surface area contributed by atoms with E-state index in [4.69, 9.17) is 9.47 Å². The van der Waals surface area contributed by atoms with Crippen LogP contribution in [0.15, 0.2) is 18.2 Å². The first-order valence-corrected chi connectivity index (χ1v) is 6.41. The summed E-state index contributed by atoms with van der Waals surface area (Å²) in [5.41, 5.74) is 0.787. The molecular weight excluding hydrogens is 249 g/mol. The second-order valence-electron chi connectivity index (χ2n) is 4.89. The predicted molar refractivity (Wildman–Crippen MR) is 68.4 cm³/mol. The molecule has 0 bridgehead atoms. The average Bonchev–Trinajstić information content (AvgIpc) is 2.72. The minimum Gasteiger partial charge on any atom is -0.478 e. The molecule has 2 rings (SSSR count). The molecule has 4 nitrogen and oxygen atoms in total. The maximum Gasteiger partial charge on any atom is 0.347 e. The van der Waals surface area contributed by atoms with Gasteiger partial charge in [-0.05, 0) is 17.7 Å². The van der Waals surface area contributed by atoms with Crippen LogP contribution in [0.3, 0.4) is 0 Å². The van der Waals surface area contributed by atoms with E-state index in [1.54, 1.807) is 6.07 Å². The normalized spacial score (nSPS) is 18.7. The smallest absolute Gasteiger partial charge is 0.347 e. The molecule has 19 heavy (non-hydrogen) atoms. The fraction of sp³-hybridized carbons (Fsp3) is 0.500. The second kappa shape index (κ2) is 6.02. The summed E-state index contributed by atoms with van der Waals surface area (Å²) in [6.07, 6.45) is -0.109. The molecule has 1 aromatic rings. The quantitative estimate of drug-likeness (QED) is 0.829. The molecule has 5 heteroatoms. The van der Waals surface area contributed by atoms with Crippen LogP contribution in [0.2, 0.25) is 0 Å². The molecule has 1 heterocycles. The van der Waals surface area contributed by atoms with Crippen molar-refractivity contribution in [2.45, 2.75) is 39.0 Å². The first-order valence-electron chi connectivity index (χ1n) is 6.41. The molecule has 1 saturated heterocycles. The highest BCUT2D eigenvalue weighted by atomic mass is 19.1. The molecule has 0 radical (unpaired) electrons. The van der Waals surface area contributed by atoms with Crippen molar-refractivity contribution < 1.29 is 18.7 Å². The van der Waals surface area contributed by atoms with Gasteiger partial charge in [0.1, 0.15) is 11.6 Å². The molecule has 1 aliphatic rings. The molecule has 104 valence electrons. The number of benzene rings is 1. The van der Waals surface area contributed by atoms with Crippen LogP contribution in [0.5, 0.6) is 5.75 Å². The van der Waals surface area contributed by atoms with Crippen molar-refractivity contribution in [2.75, 3.05) is 6.61 Å². The fourth-order valence-electron chi connectivity index (χ4n) is 1.86. The standard InChI is InChI=1S/C14H18FNO3/c1-9(2)16-8-10-5-11(15)7-12(6-10)19-13-3-4-18-14(13)17/h5-7,9,13,16H,3-4,8H2,1-2H3. The van der Waals surface area contributed by atoms with Crippen molar-refractivity contribution in [1.29, 1.82) is 0 Å². The van der Waals surface area contributed by atoms with Gasteiger partial charge < -0.3 is 14.8 Å². The molecule has 0 aliphatic carbocycles. The first kappa shape index (κ1) is 13.8. The van der Waals surface area contributed by atoms with E-state index in [2.05, 4.69) is 5.32 Å². The largest absolute Gasteiger partial charge is 0.478 e. The van der Waals surface area contributed by atoms with Crippen LogP contribution in [0.1, 0.15) is 25.8 Å². The first-order chi connectivity index (χ1) is 9.04. The maximum absolute atomic E-state index is 13.5.